The van der Waals surface area contributed by atoms with Gasteiger partial charge in [0, 0.05) is 25.9 Å². The molecule has 7 heteroatoms. The quantitative estimate of drug-likeness (QED) is 0.436. The molecule has 0 heterocycles. The maximum absolute atomic E-state index is 12.1. The summed E-state index contributed by atoms with van der Waals surface area (Å²) in [5.74, 6) is -0.142. The van der Waals surface area contributed by atoms with E-state index in [2.05, 4.69) is 0 Å². The van der Waals surface area contributed by atoms with Crippen LogP contribution in [0.25, 0.3) is 6.08 Å². The van der Waals surface area contributed by atoms with E-state index in [1.807, 2.05) is 0 Å². The van der Waals surface area contributed by atoms with Crippen molar-refractivity contribution in [2.24, 2.45) is 0 Å². The van der Waals surface area contributed by atoms with Gasteiger partial charge in [-0.25, -0.2) is 9.36 Å². The summed E-state index contributed by atoms with van der Waals surface area (Å²) in [4.78, 5) is 11.4. The number of carbonyl (C=O) groups is 1. The van der Waals surface area contributed by atoms with E-state index in [1.54, 1.807) is 32.0 Å². The van der Waals surface area contributed by atoms with Crippen LogP contribution in [0.2, 0.25) is 0 Å². The van der Waals surface area contributed by atoms with Crippen LogP contribution < -0.4 is 4.52 Å². The SMILES string of the molecule is CCOC(=O)/C=C/c1cccc(C)c1OP(=O)(OC)OC. The fraction of sp³-hybridized carbons (Fsp3) is 0.357. The Kier molecular flexibility index (Phi) is 6.62. The Balaban J connectivity index is 3.09. The fourth-order valence-electron chi connectivity index (χ4n) is 1.54. The number of rotatable bonds is 7. The van der Waals surface area contributed by atoms with E-state index in [1.165, 1.54) is 26.4 Å². The third-order valence-corrected chi connectivity index (χ3v) is 3.88. The molecule has 0 saturated heterocycles. The normalized spacial score (nSPS) is 11.6. The van der Waals surface area contributed by atoms with Gasteiger partial charge in [0.15, 0.2) is 0 Å². The van der Waals surface area contributed by atoms with Gasteiger partial charge in [-0.15, -0.1) is 0 Å². The Morgan fingerprint density at radius 3 is 2.52 bits per heavy atom. The summed E-state index contributed by atoms with van der Waals surface area (Å²) in [5, 5.41) is 0. The second-order valence-corrected chi connectivity index (χ2v) is 5.79. The number of aryl methyl sites for hydroxylation is 1. The monoisotopic (exact) mass is 314 g/mol. The first-order valence-electron chi connectivity index (χ1n) is 6.31. The zero-order chi connectivity index (χ0) is 15.9. The molecule has 0 spiro atoms. The van der Waals surface area contributed by atoms with Crippen molar-refractivity contribution in [3.05, 3.63) is 35.4 Å². The summed E-state index contributed by atoms with van der Waals surface area (Å²) < 4.78 is 31.8. The number of carbonyl (C=O) groups excluding carboxylic acids is 1. The van der Waals surface area contributed by atoms with Gasteiger partial charge in [0.2, 0.25) is 0 Å². The second-order valence-electron chi connectivity index (χ2n) is 3.98. The van der Waals surface area contributed by atoms with Crippen LogP contribution in [0.15, 0.2) is 24.3 Å². The molecule has 0 aliphatic heterocycles. The van der Waals surface area contributed by atoms with E-state index >= 15 is 0 Å². The number of hydrogen-bond donors (Lipinski definition) is 0. The van der Waals surface area contributed by atoms with Crippen molar-refractivity contribution in [3.8, 4) is 5.75 Å². The number of ether oxygens (including phenoxy) is 1. The highest BCUT2D eigenvalue weighted by Crippen LogP contribution is 2.49. The lowest BCUT2D eigenvalue weighted by molar-refractivity contribution is -0.137. The first-order valence-corrected chi connectivity index (χ1v) is 7.77. The van der Waals surface area contributed by atoms with Gasteiger partial charge < -0.3 is 9.26 Å². The molecule has 0 aromatic heterocycles. The molecular formula is C14H19O6P. The van der Waals surface area contributed by atoms with Gasteiger partial charge in [0.05, 0.1) is 6.61 Å². The minimum absolute atomic E-state index is 0.295. The molecule has 0 aliphatic rings. The van der Waals surface area contributed by atoms with Crippen molar-refractivity contribution in [2.75, 3.05) is 20.8 Å². The number of phosphoric acid groups is 1. The van der Waals surface area contributed by atoms with E-state index in [0.717, 1.165) is 5.56 Å². The average molecular weight is 314 g/mol. The molecule has 0 unspecified atom stereocenters. The largest absolute Gasteiger partial charge is 0.529 e. The Bertz CT molecular complexity index is 559. The molecule has 21 heavy (non-hydrogen) atoms. The number of benzene rings is 1. The average Bonchev–Trinajstić information content (AvgIpc) is 2.48. The Morgan fingerprint density at radius 2 is 1.95 bits per heavy atom. The number of hydrogen-bond acceptors (Lipinski definition) is 6. The number of esters is 1. The van der Waals surface area contributed by atoms with E-state index in [4.69, 9.17) is 18.3 Å². The first kappa shape index (κ1) is 17.4. The molecule has 0 atom stereocenters. The van der Waals surface area contributed by atoms with E-state index in [9.17, 15) is 9.36 Å². The van der Waals surface area contributed by atoms with Crippen molar-refractivity contribution >= 4 is 19.9 Å². The predicted molar refractivity (Wildman–Crippen MR) is 79.1 cm³/mol. The van der Waals surface area contributed by atoms with Gasteiger partial charge in [0.25, 0.3) is 0 Å². The summed E-state index contributed by atoms with van der Waals surface area (Å²) in [6, 6.07) is 5.29. The highest BCUT2D eigenvalue weighted by molar-refractivity contribution is 7.48. The summed E-state index contributed by atoms with van der Waals surface area (Å²) in [6.07, 6.45) is 2.80. The zero-order valence-electron chi connectivity index (χ0n) is 12.5. The van der Waals surface area contributed by atoms with Crippen LogP contribution >= 0.6 is 7.82 Å². The lowest BCUT2D eigenvalue weighted by Gasteiger charge is -2.17. The second kappa shape index (κ2) is 7.98. The standard InChI is InChI=1S/C14H19O6P/c1-5-19-13(15)10-9-12-8-6-7-11(2)14(12)20-21(16,17-3)18-4/h6-10H,5H2,1-4H3/b10-9+. The van der Waals surface area contributed by atoms with Gasteiger partial charge in [-0.3, -0.25) is 9.05 Å². The molecular weight excluding hydrogens is 295 g/mol. The Hall–Kier alpha value is -1.62. The van der Waals surface area contributed by atoms with Crippen LogP contribution in [0, 0.1) is 6.92 Å². The fourth-order valence-corrected chi connectivity index (χ4v) is 2.31. The molecule has 0 radical (unpaired) electrons. The maximum Gasteiger partial charge on any atom is 0.529 e. The minimum atomic E-state index is -3.67. The van der Waals surface area contributed by atoms with Crippen LogP contribution in [-0.2, 0) is 23.1 Å². The van der Waals surface area contributed by atoms with Crippen LogP contribution in [0.4, 0.5) is 0 Å². The molecule has 116 valence electrons. The highest BCUT2D eigenvalue weighted by atomic mass is 31.2. The number of para-hydroxylation sites is 1. The van der Waals surface area contributed by atoms with Crippen LogP contribution in [0.5, 0.6) is 5.75 Å². The van der Waals surface area contributed by atoms with Gasteiger partial charge in [0.1, 0.15) is 5.75 Å². The van der Waals surface area contributed by atoms with Gasteiger partial charge in [-0.1, -0.05) is 18.2 Å². The molecule has 0 saturated carbocycles. The van der Waals surface area contributed by atoms with Crippen molar-refractivity contribution in [3.63, 3.8) is 0 Å². The number of phosphoric ester groups is 1. The minimum Gasteiger partial charge on any atom is -0.463 e. The Labute approximate surface area is 124 Å². The molecule has 6 nitrogen and oxygen atoms in total. The van der Waals surface area contributed by atoms with Crippen LogP contribution in [-0.4, -0.2) is 26.8 Å². The van der Waals surface area contributed by atoms with Crippen molar-refractivity contribution in [1.29, 1.82) is 0 Å². The predicted octanol–water partition coefficient (Wildman–Crippen LogP) is 3.35. The first-order chi connectivity index (χ1) is 9.95. The molecule has 0 aliphatic carbocycles. The summed E-state index contributed by atoms with van der Waals surface area (Å²) in [6.45, 7) is 3.80. The van der Waals surface area contributed by atoms with Crippen LogP contribution in [0.3, 0.4) is 0 Å². The molecule has 0 fully saturated rings. The lowest BCUT2D eigenvalue weighted by atomic mass is 10.1. The third-order valence-electron chi connectivity index (χ3n) is 2.58. The summed E-state index contributed by atoms with van der Waals surface area (Å²) in [7, 11) is -1.20. The van der Waals surface area contributed by atoms with Crippen LogP contribution in [0.1, 0.15) is 18.1 Å². The van der Waals surface area contributed by atoms with Crippen molar-refractivity contribution in [1.82, 2.24) is 0 Å². The molecule has 1 aromatic rings. The summed E-state index contributed by atoms with van der Waals surface area (Å²) in [5.41, 5.74) is 1.30. The van der Waals surface area contributed by atoms with E-state index in [-0.39, 0.29) is 0 Å². The van der Waals surface area contributed by atoms with Gasteiger partial charge >= 0.3 is 13.8 Å². The molecule has 1 aromatic carbocycles. The molecule has 0 N–H and O–H groups in total. The highest BCUT2D eigenvalue weighted by Gasteiger charge is 2.26. The zero-order valence-corrected chi connectivity index (χ0v) is 13.4. The van der Waals surface area contributed by atoms with Crippen molar-refractivity contribution in [2.45, 2.75) is 13.8 Å². The molecule has 0 bridgehead atoms. The topological polar surface area (TPSA) is 71.1 Å². The lowest BCUT2D eigenvalue weighted by Crippen LogP contribution is -2.01. The third kappa shape index (κ3) is 5.01. The molecule has 0 amide bonds. The maximum atomic E-state index is 12.1. The Morgan fingerprint density at radius 1 is 1.29 bits per heavy atom. The smallest absolute Gasteiger partial charge is 0.463 e. The molecule has 1 rings (SSSR count). The summed E-state index contributed by atoms with van der Waals surface area (Å²) >= 11 is 0. The van der Waals surface area contributed by atoms with E-state index in [0.29, 0.717) is 17.9 Å². The van der Waals surface area contributed by atoms with Crippen molar-refractivity contribution < 1.29 is 27.7 Å². The van der Waals surface area contributed by atoms with Gasteiger partial charge in [-0.2, -0.15) is 0 Å². The van der Waals surface area contributed by atoms with E-state index < -0.39 is 13.8 Å². The van der Waals surface area contributed by atoms with Gasteiger partial charge in [-0.05, 0) is 25.5 Å².